The molecule has 282 valence electrons. The second-order valence-corrected chi connectivity index (χ2v) is 13.7. The van der Waals surface area contributed by atoms with Crippen molar-refractivity contribution in [1.82, 2.24) is 9.80 Å². The molecule has 0 radical (unpaired) electrons. The Kier molecular flexibility index (Phi) is 14.3. The molecule has 3 heterocycles. The molecule has 0 spiro atoms. The zero-order valence-electron chi connectivity index (χ0n) is 29.1. The Bertz CT molecular complexity index is 1890. The van der Waals surface area contributed by atoms with Crippen LogP contribution in [0.3, 0.4) is 0 Å². The topological polar surface area (TPSA) is 222 Å². The van der Waals surface area contributed by atoms with Crippen molar-refractivity contribution < 1.29 is 59.3 Å². The van der Waals surface area contributed by atoms with Gasteiger partial charge in [0.2, 0.25) is 0 Å². The number of hydrogen-bond donors (Lipinski definition) is 6. The van der Waals surface area contributed by atoms with E-state index in [4.69, 9.17) is 44.3 Å². The summed E-state index contributed by atoms with van der Waals surface area (Å²) in [7, 11) is 0. The van der Waals surface area contributed by atoms with Crippen molar-refractivity contribution in [2.75, 3.05) is 32.8 Å². The fraction of sp³-hybridized carbons (Fsp3) is 0.342. The SMILES string of the molecule is Cc1cc(Cc2c(-c3ccc(OCCN4CCCC4)cc3)sc3cc(O)ccc23)ccc1CN1CCC[C@H]1C(=O)O.O=C(O)C(=O)O.O=C(O)C(=O)O. The van der Waals surface area contributed by atoms with Gasteiger partial charge >= 0.3 is 29.8 Å². The fourth-order valence-corrected chi connectivity index (χ4v) is 7.57. The third-order valence-corrected chi connectivity index (χ3v) is 10.2. The van der Waals surface area contributed by atoms with Gasteiger partial charge in [0.25, 0.3) is 0 Å². The predicted molar refractivity (Wildman–Crippen MR) is 196 cm³/mol. The molecule has 3 aromatic carbocycles. The van der Waals surface area contributed by atoms with Crippen LogP contribution < -0.4 is 4.74 Å². The number of carbonyl (C=O) groups is 5. The van der Waals surface area contributed by atoms with Gasteiger partial charge in [0, 0.05) is 22.7 Å². The Balaban J connectivity index is 0.000000453. The van der Waals surface area contributed by atoms with E-state index in [1.54, 1.807) is 17.4 Å². The van der Waals surface area contributed by atoms with E-state index in [1.807, 2.05) is 12.1 Å². The molecule has 1 aromatic heterocycles. The van der Waals surface area contributed by atoms with Crippen LogP contribution in [0.5, 0.6) is 11.5 Å². The number of aromatic hydroxyl groups is 1. The maximum Gasteiger partial charge on any atom is 0.414 e. The number of fused-ring (bicyclic) bond motifs is 1. The first-order chi connectivity index (χ1) is 25.2. The van der Waals surface area contributed by atoms with Crippen LogP contribution >= 0.6 is 11.3 Å². The number of carboxylic acids is 5. The van der Waals surface area contributed by atoms with Gasteiger partial charge in [0.1, 0.15) is 24.1 Å². The van der Waals surface area contributed by atoms with Crippen molar-refractivity contribution in [1.29, 1.82) is 0 Å². The zero-order valence-corrected chi connectivity index (χ0v) is 29.9. The third kappa shape index (κ3) is 11.5. The van der Waals surface area contributed by atoms with Crippen LogP contribution in [-0.4, -0.2) is 109 Å². The molecule has 2 aliphatic rings. The minimum Gasteiger partial charge on any atom is -0.508 e. The van der Waals surface area contributed by atoms with Gasteiger partial charge in [-0.3, -0.25) is 14.6 Å². The van der Waals surface area contributed by atoms with Crippen LogP contribution in [0.2, 0.25) is 0 Å². The third-order valence-electron chi connectivity index (χ3n) is 8.94. The minimum absolute atomic E-state index is 0.278. The summed E-state index contributed by atoms with van der Waals surface area (Å²) in [5, 5.41) is 50.5. The number of likely N-dealkylation sites (tertiary alicyclic amines) is 2. The second-order valence-electron chi connectivity index (χ2n) is 12.6. The summed E-state index contributed by atoms with van der Waals surface area (Å²) in [6.45, 7) is 7.66. The standard InChI is InChI=1S/C34H38N2O4S.2C2H2O4/c1-23-19-24(6-7-26(23)22-36-16-4-5-31(36)34(38)39)20-30-29-13-10-27(37)21-32(29)41-33(30)25-8-11-28(12-9-25)40-18-17-35-14-2-3-15-35;2*3-1(4)2(5)6/h6-13,19,21,31,37H,2-5,14-18,20,22H2,1H3,(H,38,39);2*(H,3,4)(H,5,6)/t31-;;/m0../s1. The number of ether oxygens (including phenoxy) is 1. The van der Waals surface area contributed by atoms with Gasteiger partial charge in [0.05, 0.1) is 0 Å². The molecule has 1 atom stereocenters. The zero-order chi connectivity index (χ0) is 38.7. The van der Waals surface area contributed by atoms with Gasteiger partial charge in [0.15, 0.2) is 0 Å². The number of phenolic OH excluding ortho intramolecular Hbond substituents is 1. The summed E-state index contributed by atoms with van der Waals surface area (Å²) >= 11 is 1.71. The molecule has 6 N–H and O–H groups in total. The van der Waals surface area contributed by atoms with Crippen molar-refractivity contribution in [2.45, 2.75) is 51.6 Å². The van der Waals surface area contributed by atoms with Crippen LogP contribution in [0.25, 0.3) is 20.5 Å². The Labute approximate surface area is 309 Å². The lowest BCUT2D eigenvalue weighted by Gasteiger charge is -2.22. The molecule has 0 amide bonds. The summed E-state index contributed by atoms with van der Waals surface area (Å²) in [6, 6.07) is 20.3. The Hall–Kier alpha value is -5.51. The minimum atomic E-state index is -1.82. The van der Waals surface area contributed by atoms with E-state index in [1.165, 1.54) is 53.1 Å². The van der Waals surface area contributed by atoms with Crippen LogP contribution in [0.15, 0.2) is 60.7 Å². The molecule has 0 saturated carbocycles. The lowest BCUT2D eigenvalue weighted by molar-refractivity contribution is -0.159. The van der Waals surface area contributed by atoms with E-state index in [-0.39, 0.29) is 11.8 Å². The number of hydrogen-bond acceptors (Lipinski definition) is 10. The van der Waals surface area contributed by atoms with Gasteiger partial charge in [-0.05, 0) is 134 Å². The number of nitrogens with zero attached hydrogens (tertiary/aromatic N) is 2. The number of aryl methyl sites for hydroxylation is 1. The normalized spacial score (nSPS) is 15.5. The molecule has 0 bridgehead atoms. The number of carboxylic acid groups (broad SMARTS) is 5. The lowest BCUT2D eigenvalue weighted by Crippen LogP contribution is -2.35. The monoisotopic (exact) mass is 750 g/mol. The van der Waals surface area contributed by atoms with Crippen molar-refractivity contribution >= 4 is 51.3 Å². The van der Waals surface area contributed by atoms with Crippen LogP contribution in [-0.2, 0) is 36.9 Å². The summed E-state index contributed by atoms with van der Waals surface area (Å²) in [6.07, 6.45) is 5.01. The molecule has 0 aliphatic carbocycles. The highest BCUT2D eigenvalue weighted by atomic mass is 32.1. The molecular weight excluding hydrogens is 708 g/mol. The first kappa shape index (κ1) is 40.3. The van der Waals surface area contributed by atoms with Crippen molar-refractivity contribution in [3.8, 4) is 21.9 Å². The largest absolute Gasteiger partial charge is 0.508 e. The molecule has 4 aromatic rings. The average molecular weight is 751 g/mol. The van der Waals surface area contributed by atoms with Gasteiger partial charge in [-0.1, -0.05) is 18.2 Å². The summed E-state index contributed by atoms with van der Waals surface area (Å²) in [5.74, 6) is -6.85. The van der Waals surface area contributed by atoms with E-state index in [0.717, 1.165) is 53.8 Å². The van der Waals surface area contributed by atoms with E-state index in [2.05, 4.69) is 59.2 Å². The van der Waals surface area contributed by atoms with Crippen molar-refractivity contribution in [2.24, 2.45) is 0 Å². The Morgan fingerprint density at radius 2 is 1.43 bits per heavy atom. The van der Waals surface area contributed by atoms with E-state index >= 15 is 0 Å². The maximum atomic E-state index is 11.6. The molecule has 0 unspecified atom stereocenters. The highest BCUT2D eigenvalue weighted by Gasteiger charge is 2.30. The van der Waals surface area contributed by atoms with Crippen molar-refractivity contribution in [3.63, 3.8) is 0 Å². The number of thiophene rings is 1. The van der Waals surface area contributed by atoms with Crippen LogP contribution in [0, 0.1) is 6.92 Å². The van der Waals surface area contributed by atoms with Crippen LogP contribution in [0.4, 0.5) is 0 Å². The number of aliphatic carboxylic acids is 5. The first-order valence-electron chi connectivity index (χ1n) is 16.9. The Morgan fingerprint density at radius 1 is 0.792 bits per heavy atom. The highest BCUT2D eigenvalue weighted by molar-refractivity contribution is 7.22. The van der Waals surface area contributed by atoms with Gasteiger partial charge < -0.3 is 35.4 Å². The summed E-state index contributed by atoms with van der Waals surface area (Å²) < 4.78 is 7.12. The van der Waals surface area contributed by atoms with E-state index < -0.39 is 29.8 Å². The molecule has 53 heavy (non-hydrogen) atoms. The maximum absolute atomic E-state index is 11.6. The van der Waals surface area contributed by atoms with Crippen LogP contribution in [0.1, 0.15) is 47.9 Å². The number of benzene rings is 3. The van der Waals surface area contributed by atoms with E-state index in [9.17, 15) is 15.0 Å². The molecule has 2 saturated heterocycles. The molecule has 6 rings (SSSR count). The molecule has 14 nitrogen and oxygen atoms in total. The number of phenols is 1. The average Bonchev–Trinajstić information content (AvgIpc) is 3.88. The first-order valence-corrected chi connectivity index (χ1v) is 17.7. The van der Waals surface area contributed by atoms with Crippen molar-refractivity contribution in [3.05, 3.63) is 82.9 Å². The molecule has 2 aliphatic heterocycles. The second kappa shape index (κ2) is 18.8. The van der Waals surface area contributed by atoms with Gasteiger partial charge in [-0.15, -0.1) is 11.3 Å². The van der Waals surface area contributed by atoms with Gasteiger partial charge in [-0.2, -0.15) is 0 Å². The highest BCUT2D eigenvalue weighted by Crippen LogP contribution is 2.41. The predicted octanol–water partition coefficient (Wildman–Crippen LogP) is 5.01. The fourth-order valence-electron chi connectivity index (χ4n) is 6.31. The number of rotatable bonds is 10. The molecule has 2 fully saturated rings. The quantitative estimate of drug-likeness (QED) is 0.117. The van der Waals surface area contributed by atoms with Gasteiger partial charge in [-0.25, -0.2) is 19.2 Å². The summed E-state index contributed by atoms with van der Waals surface area (Å²) in [5.41, 5.74) is 5.99. The smallest absolute Gasteiger partial charge is 0.414 e. The Morgan fingerprint density at radius 3 is 2.02 bits per heavy atom. The molecule has 15 heteroatoms. The summed E-state index contributed by atoms with van der Waals surface area (Å²) in [4.78, 5) is 53.8. The van der Waals surface area contributed by atoms with E-state index in [0.29, 0.717) is 13.2 Å². The lowest BCUT2D eigenvalue weighted by atomic mass is 9.96. The molecular formula is C38H42N2O12S.